The quantitative estimate of drug-likeness (QED) is 0.566. The fourth-order valence-electron chi connectivity index (χ4n) is 2.01. The zero-order valence-corrected chi connectivity index (χ0v) is 13.5. The van der Waals surface area contributed by atoms with Crippen molar-refractivity contribution in [2.75, 3.05) is 5.84 Å². The number of nitrogen functional groups attached to an aromatic ring is 1. The van der Waals surface area contributed by atoms with Gasteiger partial charge in [-0.3, -0.25) is 0 Å². The Labute approximate surface area is 130 Å². The Kier molecular flexibility index (Phi) is 3.61. The predicted octanol–water partition coefficient (Wildman–Crippen LogP) is 1.34. The smallest absolute Gasteiger partial charge is 0.271 e. The molecular weight excluding hydrogens is 304 g/mol. The van der Waals surface area contributed by atoms with Gasteiger partial charge in [0.1, 0.15) is 0 Å². The van der Waals surface area contributed by atoms with Crippen molar-refractivity contribution >= 4 is 11.8 Å². The fraction of sp³-hybridized carbons (Fsp3) is 0.417. The highest BCUT2D eigenvalue weighted by atomic mass is 32.2. The van der Waals surface area contributed by atoms with Crippen molar-refractivity contribution in [1.29, 1.82) is 0 Å². The van der Waals surface area contributed by atoms with Gasteiger partial charge in [0, 0.05) is 5.69 Å². The molecule has 0 saturated heterocycles. The van der Waals surface area contributed by atoms with Gasteiger partial charge in [-0.1, -0.05) is 16.9 Å². The summed E-state index contributed by atoms with van der Waals surface area (Å²) in [7, 11) is 0. The maximum atomic E-state index is 6.09. The minimum absolute atomic E-state index is 0.0824. The van der Waals surface area contributed by atoms with Crippen LogP contribution in [0.3, 0.4) is 0 Å². The van der Waals surface area contributed by atoms with Crippen molar-refractivity contribution < 1.29 is 4.52 Å². The molecule has 0 fully saturated rings. The third kappa shape index (κ3) is 2.56. The summed E-state index contributed by atoms with van der Waals surface area (Å²) in [5.74, 6) is 7.67. The molecule has 0 saturated carbocycles. The molecule has 1 unspecified atom stereocenters. The van der Waals surface area contributed by atoms with Crippen LogP contribution in [0.4, 0.5) is 0 Å². The van der Waals surface area contributed by atoms with Crippen molar-refractivity contribution in [2.45, 2.75) is 38.1 Å². The van der Waals surface area contributed by atoms with E-state index in [2.05, 4.69) is 25.4 Å². The Hall–Kier alpha value is -2.36. The first kappa shape index (κ1) is 14.6. The van der Waals surface area contributed by atoms with E-state index >= 15 is 0 Å². The lowest BCUT2D eigenvalue weighted by Crippen LogP contribution is -2.17. The maximum Gasteiger partial charge on any atom is 0.271 e. The summed E-state index contributed by atoms with van der Waals surface area (Å²) in [5, 5.41) is 16.8. The van der Waals surface area contributed by atoms with Crippen molar-refractivity contribution in [3.63, 3.8) is 0 Å². The largest absolute Gasteiger partial charge is 0.338 e. The van der Waals surface area contributed by atoms with Crippen LogP contribution in [0.2, 0.25) is 0 Å². The third-order valence-electron chi connectivity index (χ3n) is 3.02. The van der Waals surface area contributed by atoms with Gasteiger partial charge in [0.25, 0.3) is 5.95 Å². The van der Waals surface area contributed by atoms with E-state index in [-0.39, 0.29) is 5.25 Å². The van der Waals surface area contributed by atoms with Crippen molar-refractivity contribution in [1.82, 2.24) is 34.8 Å². The average molecular weight is 320 g/mol. The summed E-state index contributed by atoms with van der Waals surface area (Å²) >= 11 is 1.39. The Bertz CT molecular complexity index is 804. The summed E-state index contributed by atoms with van der Waals surface area (Å²) in [6.45, 7) is 7.56. The Morgan fingerprint density at radius 2 is 2.05 bits per heavy atom. The number of hydrogen-bond donors (Lipinski definition) is 1. The van der Waals surface area contributed by atoms with Gasteiger partial charge < -0.3 is 10.4 Å². The Balaban J connectivity index is 1.86. The van der Waals surface area contributed by atoms with E-state index in [0.717, 1.165) is 11.4 Å². The monoisotopic (exact) mass is 320 g/mol. The van der Waals surface area contributed by atoms with E-state index in [4.69, 9.17) is 10.4 Å². The zero-order valence-electron chi connectivity index (χ0n) is 12.7. The molecule has 0 radical (unpaired) electrons. The summed E-state index contributed by atoms with van der Waals surface area (Å²) in [6.07, 6.45) is 0. The van der Waals surface area contributed by atoms with Crippen LogP contribution in [0.1, 0.15) is 35.3 Å². The van der Waals surface area contributed by atoms with Crippen LogP contribution in [0.5, 0.6) is 0 Å². The molecule has 0 aliphatic carbocycles. The van der Waals surface area contributed by atoms with E-state index in [1.807, 2.05) is 26.8 Å². The van der Waals surface area contributed by atoms with Crippen LogP contribution in [0.15, 0.2) is 15.7 Å². The number of aromatic nitrogens is 7. The minimum Gasteiger partial charge on any atom is -0.338 e. The molecule has 3 heterocycles. The lowest BCUT2D eigenvalue weighted by atomic mass is 10.4. The molecule has 0 aliphatic rings. The molecule has 0 amide bonds. The molecule has 9 nitrogen and oxygen atoms in total. The summed E-state index contributed by atoms with van der Waals surface area (Å²) in [6, 6.07) is 1.95. The van der Waals surface area contributed by atoms with Gasteiger partial charge in [-0.15, -0.1) is 10.2 Å². The molecule has 2 N–H and O–H groups in total. The van der Waals surface area contributed by atoms with Gasteiger partial charge in [-0.25, -0.2) is 9.36 Å². The van der Waals surface area contributed by atoms with Crippen molar-refractivity contribution in [3.8, 4) is 5.95 Å². The van der Waals surface area contributed by atoms with E-state index in [0.29, 0.717) is 22.8 Å². The second kappa shape index (κ2) is 5.44. The number of hydrogen-bond acceptors (Lipinski definition) is 8. The first-order valence-corrected chi connectivity index (χ1v) is 7.54. The van der Waals surface area contributed by atoms with Crippen LogP contribution in [-0.2, 0) is 0 Å². The predicted molar refractivity (Wildman–Crippen MR) is 80.1 cm³/mol. The van der Waals surface area contributed by atoms with Crippen LogP contribution in [-0.4, -0.2) is 34.8 Å². The van der Waals surface area contributed by atoms with E-state index in [1.165, 1.54) is 16.4 Å². The number of nitrogens with zero attached hydrogens (tertiary/aromatic N) is 7. The highest BCUT2D eigenvalue weighted by Crippen LogP contribution is 2.32. The van der Waals surface area contributed by atoms with Gasteiger partial charge in [-0.2, -0.15) is 10.1 Å². The van der Waals surface area contributed by atoms with Gasteiger partial charge in [0.2, 0.25) is 11.0 Å². The van der Waals surface area contributed by atoms with Gasteiger partial charge in [0.15, 0.2) is 5.82 Å². The van der Waals surface area contributed by atoms with Crippen LogP contribution < -0.4 is 5.84 Å². The van der Waals surface area contributed by atoms with Crippen molar-refractivity contribution in [2.24, 2.45) is 0 Å². The van der Waals surface area contributed by atoms with E-state index in [9.17, 15) is 0 Å². The number of rotatable bonds is 4. The minimum atomic E-state index is -0.0824. The number of nitrogens with two attached hydrogens (primary N) is 1. The number of thioether (sulfide) groups is 1. The molecule has 3 aromatic heterocycles. The number of aryl methyl sites for hydroxylation is 3. The molecule has 0 bridgehead atoms. The normalized spacial score (nSPS) is 12.7. The molecule has 0 aromatic carbocycles. The van der Waals surface area contributed by atoms with Crippen LogP contribution in [0, 0.1) is 20.8 Å². The Morgan fingerprint density at radius 3 is 2.64 bits per heavy atom. The molecule has 3 rings (SSSR count). The molecule has 1 atom stereocenters. The van der Waals surface area contributed by atoms with E-state index in [1.54, 1.807) is 11.6 Å². The topological polar surface area (TPSA) is 113 Å². The van der Waals surface area contributed by atoms with Gasteiger partial charge in [-0.05, 0) is 33.8 Å². The second-order valence-corrected chi connectivity index (χ2v) is 6.24. The highest BCUT2D eigenvalue weighted by molar-refractivity contribution is 7.99. The first-order valence-electron chi connectivity index (χ1n) is 6.66. The molecule has 0 spiro atoms. The van der Waals surface area contributed by atoms with Crippen LogP contribution >= 0.6 is 11.8 Å². The van der Waals surface area contributed by atoms with Gasteiger partial charge >= 0.3 is 0 Å². The molecule has 0 aliphatic heterocycles. The summed E-state index contributed by atoms with van der Waals surface area (Å²) in [5.41, 5.74) is 1.83. The summed E-state index contributed by atoms with van der Waals surface area (Å²) < 4.78 is 8.22. The lowest BCUT2D eigenvalue weighted by molar-refractivity contribution is 0.376. The first-order chi connectivity index (χ1) is 10.5. The molecular formula is C12H16N8OS. The average Bonchev–Trinajstić information content (AvgIpc) is 3.12. The SMILES string of the molecule is Cc1cc(C)n(-c2nnc(SC(C)c3nc(C)no3)n2N)n1. The zero-order chi connectivity index (χ0) is 15.9. The van der Waals surface area contributed by atoms with E-state index < -0.39 is 0 Å². The summed E-state index contributed by atoms with van der Waals surface area (Å²) in [4.78, 5) is 4.20. The Morgan fingerprint density at radius 1 is 1.27 bits per heavy atom. The lowest BCUT2D eigenvalue weighted by Gasteiger charge is -2.07. The molecule has 116 valence electrons. The van der Waals surface area contributed by atoms with Gasteiger partial charge in [0.05, 0.1) is 10.9 Å². The van der Waals surface area contributed by atoms with Crippen molar-refractivity contribution in [3.05, 3.63) is 29.2 Å². The molecule has 22 heavy (non-hydrogen) atoms. The fourth-order valence-corrected chi connectivity index (χ4v) is 2.81. The second-order valence-electron chi connectivity index (χ2n) is 4.93. The highest BCUT2D eigenvalue weighted by Gasteiger charge is 2.20. The maximum absolute atomic E-state index is 6.09. The van der Waals surface area contributed by atoms with Crippen LogP contribution in [0.25, 0.3) is 5.95 Å². The third-order valence-corrected chi connectivity index (χ3v) is 4.06. The molecule has 3 aromatic rings. The standard InChI is InChI=1S/C12H16N8OS/c1-6-5-7(2)20(17-6)11-15-16-12(19(11)13)22-8(3)10-14-9(4)18-21-10/h5,8H,13H2,1-4H3. The molecule has 10 heteroatoms.